The first-order chi connectivity index (χ1) is 11.4. The molecule has 1 saturated heterocycles. The fraction of sp³-hybridized carbons (Fsp3) is 0.765. The molecule has 1 aliphatic heterocycles. The van der Waals surface area contributed by atoms with Crippen LogP contribution in [0.25, 0.3) is 0 Å². The van der Waals surface area contributed by atoms with Crippen LogP contribution in [0.3, 0.4) is 0 Å². The van der Waals surface area contributed by atoms with Crippen molar-refractivity contribution in [1.82, 2.24) is 9.55 Å². The van der Waals surface area contributed by atoms with Gasteiger partial charge >= 0.3 is 5.69 Å². The van der Waals surface area contributed by atoms with E-state index in [4.69, 9.17) is 19.9 Å². The monoisotopic (exact) mass is 337 g/mol. The van der Waals surface area contributed by atoms with Gasteiger partial charge in [0.1, 0.15) is 11.9 Å². The normalized spacial score (nSPS) is 31.3. The van der Waals surface area contributed by atoms with Crippen molar-refractivity contribution in [3.05, 3.63) is 22.7 Å². The Bertz CT molecular complexity index is 631. The first-order valence-electron chi connectivity index (χ1n) is 8.69. The van der Waals surface area contributed by atoms with E-state index in [1.54, 1.807) is 16.8 Å². The number of ether oxygens (including phenoxy) is 3. The van der Waals surface area contributed by atoms with Crippen molar-refractivity contribution < 1.29 is 14.2 Å². The lowest BCUT2D eigenvalue weighted by molar-refractivity contribution is -0.162. The number of aromatic nitrogens is 2. The molecular weight excluding hydrogens is 310 g/mol. The minimum atomic E-state index is -0.652. The second-order valence-corrected chi connectivity index (χ2v) is 7.10. The third-order valence-corrected chi connectivity index (χ3v) is 4.73. The largest absolute Gasteiger partial charge is 0.383 e. The van der Waals surface area contributed by atoms with Crippen LogP contribution >= 0.6 is 0 Å². The van der Waals surface area contributed by atoms with Gasteiger partial charge in [-0.2, -0.15) is 4.98 Å². The Morgan fingerprint density at radius 3 is 2.88 bits per heavy atom. The van der Waals surface area contributed by atoms with E-state index in [0.29, 0.717) is 6.61 Å². The van der Waals surface area contributed by atoms with Crippen molar-refractivity contribution >= 4 is 5.82 Å². The molecule has 134 valence electrons. The summed E-state index contributed by atoms with van der Waals surface area (Å²) in [5.41, 5.74) is 5.25. The summed E-state index contributed by atoms with van der Waals surface area (Å²) < 4.78 is 19.6. The van der Waals surface area contributed by atoms with E-state index < -0.39 is 5.79 Å². The lowest BCUT2D eigenvalue weighted by Gasteiger charge is -2.24. The second-order valence-electron chi connectivity index (χ2n) is 7.10. The van der Waals surface area contributed by atoms with Crippen molar-refractivity contribution in [3.63, 3.8) is 0 Å². The number of hydrogen-bond donors (Lipinski definition) is 1. The highest BCUT2D eigenvalue weighted by Gasteiger charge is 2.54. The molecule has 0 radical (unpaired) electrons. The molecular formula is C17H27N3O4. The molecule has 1 aliphatic carbocycles. The van der Waals surface area contributed by atoms with Gasteiger partial charge in [-0.1, -0.05) is 13.3 Å². The summed E-state index contributed by atoms with van der Waals surface area (Å²) in [5, 5.41) is 0. The third-order valence-electron chi connectivity index (χ3n) is 4.73. The van der Waals surface area contributed by atoms with Gasteiger partial charge in [0, 0.05) is 18.7 Å². The number of anilines is 1. The lowest BCUT2D eigenvalue weighted by Crippen LogP contribution is -2.34. The summed E-state index contributed by atoms with van der Waals surface area (Å²) in [6.07, 6.45) is 4.37. The highest BCUT2D eigenvalue weighted by atomic mass is 16.8. The molecule has 2 fully saturated rings. The zero-order chi connectivity index (χ0) is 17.3. The van der Waals surface area contributed by atoms with Crippen LogP contribution in [0.5, 0.6) is 0 Å². The van der Waals surface area contributed by atoms with Crippen LogP contribution in [0.4, 0.5) is 5.82 Å². The van der Waals surface area contributed by atoms with Crippen LogP contribution in [-0.2, 0) is 14.2 Å². The van der Waals surface area contributed by atoms with E-state index in [2.05, 4.69) is 11.9 Å². The molecule has 1 aromatic heterocycles. The number of nitrogen functional groups attached to an aromatic ring is 1. The first-order valence-corrected chi connectivity index (χ1v) is 8.69. The average molecular weight is 337 g/mol. The Kier molecular flexibility index (Phi) is 4.94. The zero-order valence-electron chi connectivity index (χ0n) is 14.6. The van der Waals surface area contributed by atoms with Crippen LogP contribution in [-0.4, -0.2) is 40.8 Å². The van der Waals surface area contributed by atoms with E-state index in [0.717, 1.165) is 25.9 Å². The average Bonchev–Trinajstić information content (AvgIpc) is 2.98. The molecule has 1 aromatic rings. The van der Waals surface area contributed by atoms with Gasteiger partial charge in [-0.15, -0.1) is 0 Å². The summed E-state index contributed by atoms with van der Waals surface area (Å²) in [4.78, 5) is 16.1. The molecule has 2 aliphatic rings. The predicted molar refractivity (Wildman–Crippen MR) is 89.6 cm³/mol. The summed E-state index contributed by atoms with van der Waals surface area (Å²) in [7, 11) is 0. The van der Waals surface area contributed by atoms with Gasteiger partial charge in [-0.25, -0.2) is 4.79 Å². The standard InChI is InChI=1S/C17H27N3O4/c1-4-5-8-22-10-11-9-12(15-14(11)23-17(2,3)24-15)20-7-6-13(18)19-16(20)21/h6-7,11-12,14-15H,4-5,8-10H2,1-3H3,(H2,18,19,21)/t11-,12-,14?,15?/m1/s1. The summed E-state index contributed by atoms with van der Waals surface area (Å²) in [5.74, 6) is -0.224. The van der Waals surface area contributed by atoms with Crippen LogP contribution in [0.1, 0.15) is 46.1 Å². The second kappa shape index (κ2) is 6.82. The lowest BCUT2D eigenvalue weighted by atomic mass is 10.1. The number of rotatable bonds is 6. The number of fused-ring (bicyclic) bond motifs is 1. The Labute approximate surface area is 142 Å². The minimum Gasteiger partial charge on any atom is -0.383 e. The fourth-order valence-corrected chi connectivity index (χ4v) is 3.65. The highest BCUT2D eigenvalue weighted by molar-refractivity contribution is 5.24. The van der Waals surface area contributed by atoms with E-state index in [1.807, 2.05) is 13.8 Å². The van der Waals surface area contributed by atoms with Crippen molar-refractivity contribution in [1.29, 1.82) is 0 Å². The molecule has 0 amide bonds. The quantitative estimate of drug-likeness (QED) is 0.795. The Morgan fingerprint density at radius 1 is 1.42 bits per heavy atom. The smallest absolute Gasteiger partial charge is 0.349 e. The molecule has 0 spiro atoms. The van der Waals surface area contributed by atoms with Gasteiger partial charge in [0.25, 0.3) is 0 Å². The third kappa shape index (κ3) is 3.48. The predicted octanol–water partition coefficient (Wildman–Crippen LogP) is 1.72. The molecule has 1 saturated carbocycles. The van der Waals surface area contributed by atoms with Crippen LogP contribution in [0, 0.1) is 5.92 Å². The maximum atomic E-state index is 12.2. The van der Waals surface area contributed by atoms with Crippen molar-refractivity contribution in [2.45, 2.75) is 64.1 Å². The molecule has 24 heavy (non-hydrogen) atoms. The number of nitrogens with two attached hydrogens (primary N) is 1. The van der Waals surface area contributed by atoms with Gasteiger partial charge in [-0.3, -0.25) is 4.57 Å². The van der Waals surface area contributed by atoms with Gasteiger partial charge in [0.15, 0.2) is 5.79 Å². The van der Waals surface area contributed by atoms with Crippen molar-refractivity contribution in [2.24, 2.45) is 5.92 Å². The summed E-state index contributed by atoms with van der Waals surface area (Å²) in [6.45, 7) is 7.32. The van der Waals surface area contributed by atoms with Gasteiger partial charge in [0.2, 0.25) is 0 Å². The van der Waals surface area contributed by atoms with Gasteiger partial charge < -0.3 is 19.9 Å². The number of hydrogen-bond acceptors (Lipinski definition) is 6. The molecule has 7 heteroatoms. The topological polar surface area (TPSA) is 88.6 Å². The number of nitrogens with zero attached hydrogens (tertiary/aromatic N) is 2. The van der Waals surface area contributed by atoms with E-state index in [1.165, 1.54) is 0 Å². The first kappa shape index (κ1) is 17.4. The minimum absolute atomic E-state index is 0.0731. The van der Waals surface area contributed by atoms with E-state index >= 15 is 0 Å². The molecule has 0 aromatic carbocycles. The van der Waals surface area contributed by atoms with Gasteiger partial charge in [0.05, 0.1) is 18.8 Å². The Balaban J connectivity index is 1.78. The van der Waals surface area contributed by atoms with E-state index in [-0.39, 0.29) is 35.7 Å². The Hall–Kier alpha value is -1.44. The van der Waals surface area contributed by atoms with E-state index in [9.17, 15) is 4.79 Å². The van der Waals surface area contributed by atoms with Gasteiger partial charge in [-0.05, 0) is 32.8 Å². The summed E-state index contributed by atoms with van der Waals surface area (Å²) >= 11 is 0. The molecule has 2 N–H and O–H groups in total. The molecule has 0 bridgehead atoms. The summed E-state index contributed by atoms with van der Waals surface area (Å²) in [6, 6.07) is 1.53. The maximum Gasteiger partial charge on any atom is 0.349 e. The van der Waals surface area contributed by atoms with Crippen LogP contribution < -0.4 is 11.4 Å². The van der Waals surface area contributed by atoms with Crippen molar-refractivity contribution in [3.8, 4) is 0 Å². The molecule has 3 rings (SSSR count). The highest BCUT2D eigenvalue weighted by Crippen LogP contribution is 2.46. The van der Waals surface area contributed by atoms with Crippen LogP contribution in [0.15, 0.2) is 17.1 Å². The molecule has 2 unspecified atom stereocenters. The zero-order valence-corrected chi connectivity index (χ0v) is 14.6. The maximum absolute atomic E-state index is 12.2. The Morgan fingerprint density at radius 2 is 2.17 bits per heavy atom. The fourth-order valence-electron chi connectivity index (χ4n) is 3.65. The molecule has 2 heterocycles. The molecule has 4 atom stereocenters. The SMILES string of the molecule is CCCCOC[C@H]1C[C@@H](n2ccc(N)nc2=O)C2OC(C)(C)OC21. The van der Waals surface area contributed by atoms with Crippen molar-refractivity contribution in [2.75, 3.05) is 18.9 Å². The number of unbranched alkanes of at least 4 members (excludes halogenated alkanes) is 1. The molecule has 7 nitrogen and oxygen atoms in total. The van der Waals surface area contributed by atoms with Crippen LogP contribution in [0.2, 0.25) is 0 Å².